The van der Waals surface area contributed by atoms with Crippen LogP contribution < -0.4 is 5.32 Å². The monoisotopic (exact) mass is 348 g/mol. The number of likely N-dealkylation sites (tertiary alicyclic amines) is 1. The molecule has 0 aliphatic carbocycles. The first-order valence-corrected chi connectivity index (χ1v) is 9.28. The van der Waals surface area contributed by atoms with E-state index in [9.17, 15) is 9.18 Å². The lowest BCUT2D eigenvalue weighted by atomic mass is 9.97. The number of nitrogens with one attached hydrogen (secondary N) is 1. The van der Waals surface area contributed by atoms with E-state index in [1.807, 2.05) is 11.0 Å². The van der Waals surface area contributed by atoms with E-state index in [0.29, 0.717) is 12.5 Å². The topological polar surface area (TPSA) is 38.8 Å². The molecule has 2 aliphatic rings. The first-order valence-electron chi connectivity index (χ1n) is 9.28. The highest BCUT2D eigenvalue weighted by Gasteiger charge is 2.26. The maximum Gasteiger partial charge on any atom is 0.317 e. The number of hydrogen-bond donors (Lipinski definition) is 1. The summed E-state index contributed by atoms with van der Waals surface area (Å²) in [7, 11) is 2.17. The van der Waals surface area contributed by atoms with Crippen LogP contribution in [0.3, 0.4) is 0 Å². The Labute approximate surface area is 149 Å². The second-order valence-electron chi connectivity index (χ2n) is 7.35. The number of halogens is 1. The highest BCUT2D eigenvalue weighted by Crippen LogP contribution is 2.18. The van der Waals surface area contributed by atoms with Gasteiger partial charge in [0, 0.05) is 52.4 Å². The van der Waals surface area contributed by atoms with Crippen LogP contribution in [0.2, 0.25) is 0 Å². The van der Waals surface area contributed by atoms with Gasteiger partial charge in [0.25, 0.3) is 0 Å². The van der Waals surface area contributed by atoms with E-state index in [4.69, 9.17) is 0 Å². The maximum atomic E-state index is 13.2. The first-order chi connectivity index (χ1) is 12.1. The number of hydrogen-bond acceptors (Lipinski definition) is 3. The molecule has 1 atom stereocenters. The van der Waals surface area contributed by atoms with Gasteiger partial charge in [-0.25, -0.2) is 9.18 Å². The minimum Gasteiger partial charge on any atom is -0.334 e. The van der Waals surface area contributed by atoms with Crippen molar-refractivity contribution in [3.8, 4) is 0 Å². The smallest absolute Gasteiger partial charge is 0.317 e. The molecule has 0 aromatic heterocycles. The molecule has 0 bridgehead atoms. The Morgan fingerprint density at radius 3 is 2.80 bits per heavy atom. The Balaban J connectivity index is 1.44. The van der Waals surface area contributed by atoms with Crippen LogP contribution in [0.4, 0.5) is 9.18 Å². The highest BCUT2D eigenvalue weighted by molar-refractivity contribution is 5.74. The Bertz CT molecular complexity index is 574. The van der Waals surface area contributed by atoms with E-state index in [-0.39, 0.29) is 11.8 Å². The zero-order valence-corrected chi connectivity index (χ0v) is 15.1. The second-order valence-corrected chi connectivity index (χ2v) is 7.35. The molecule has 1 aromatic carbocycles. The Hall–Kier alpha value is -1.66. The Kier molecular flexibility index (Phi) is 6.26. The van der Waals surface area contributed by atoms with E-state index in [1.165, 1.54) is 18.6 Å². The predicted molar refractivity (Wildman–Crippen MR) is 96.9 cm³/mol. The number of piperazine rings is 1. The Morgan fingerprint density at radius 2 is 2.04 bits per heavy atom. The first kappa shape index (κ1) is 18.1. The van der Waals surface area contributed by atoms with Crippen molar-refractivity contribution in [1.82, 2.24) is 20.0 Å². The molecule has 2 aliphatic heterocycles. The molecule has 0 saturated carbocycles. The van der Waals surface area contributed by atoms with E-state index in [0.717, 1.165) is 57.8 Å². The summed E-state index contributed by atoms with van der Waals surface area (Å²) in [4.78, 5) is 19.2. The zero-order chi connectivity index (χ0) is 17.6. The van der Waals surface area contributed by atoms with Gasteiger partial charge in [-0.15, -0.1) is 0 Å². The standard InChI is InChI=1S/C19H29FN4O/c1-22-8-10-23(11-9-22)14-17-5-3-7-24(15-17)19(25)21-13-16-4-2-6-18(20)12-16/h2,4,6,12,17H,3,5,7-11,13-15H2,1H3,(H,21,25). The fraction of sp³-hybridized carbons (Fsp3) is 0.632. The fourth-order valence-corrected chi connectivity index (χ4v) is 3.73. The van der Waals surface area contributed by atoms with E-state index in [1.54, 1.807) is 6.07 Å². The minimum atomic E-state index is -0.267. The van der Waals surface area contributed by atoms with Crippen LogP contribution in [0.25, 0.3) is 0 Å². The number of rotatable bonds is 4. The van der Waals surface area contributed by atoms with Gasteiger partial charge < -0.3 is 20.0 Å². The average molecular weight is 348 g/mol. The molecule has 2 heterocycles. The average Bonchev–Trinajstić information content (AvgIpc) is 2.62. The molecular weight excluding hydrogens is 319 g/mol. The van der Waals surface area contributed by atoms with E-state index >= 15 is 0 Å². The van der Waals surface area contributed by atoms with Crippen molar-refractivity contribution in [1.29, 1.82) is 0 Å². The van der Waals surface area contributed by atoms with Gasteiger partial charge in [-0.1, -0.05) is 12.1 Å². The number of amides is 2. The van der Waals surface area contributed by atoms with Crippen molar-refractivity contribution in [2.45, 2.75) is 19.4 Å². The van der Waals surface area contributed by atoms with Crippen molar-refractivity contribution in [3.63, 3.8) is 0 Å². The molecule has 3 rings (SSSR count). The van der Waals surface area contributed by atoms with Crippen LogP contribution in [0, 0.1) is 11.7 Å². The largest absolute Gasteiger partial charge is 0.334 e. The Morgan fingerprint density at radius 1 is 1.24 bits per heavy atom. The van der Waals surface area contributed by atoms with Gasteiger partial charge in [0.15, 0.2) is 0 Å². The SMILES string of the molecule is CN1CCN(CC2CCCN(C(=O)NCc3cccc(F)c3)C2)CC1. The van der Waals surface area contributed by atoms with Crippen molar-refractivity contribution < 1.29 is 9.18 Å². The quantitative estimate of drug-likeness (QED) is 0.905. The van der Waals surface area contributed by atoms with Crippen molar-refractivity contribution in [2.75, 3.05) is 52.9 Å². The molecule has 0 spiro atoms. The maximum absolute atomic E-state index is 13.2. The lowest BCUT2D eigenvalue weighted by molar-refractivity contribution is 0.106. The molecule has 2 saturated heterocycles. The second kappa shape index (κ2) is 8.63. The zero-order valence-electron chi connectivity index (χ0n) is 15.1. The van der Waals surface area contributed by atoms with Crippen molar-refractivity contribution in [3.05, 3.63) is 35.6 Å². The molecule has 2 fully saturated rings. The molecule has 1 unspecified atom stereocenters. The van der Waals surface area contributed by atoms with Gasteiger partial charge in [0.1, 0.15) is 5.82 Å². The van der Waals surface area contributed by atoms with Crippen molar-refractivity contribution in [2.24, 2.45) is 5.92 Å². The lowest BCUT2D eigenvalue weighted by Gasteiger charge is -2.38. The van der Waals surface area contributed by atoms with Gasteiger partial charge in [-0.2, -0.15) is 0 Å². The van der Waals surface area contributed by atoms with Gasteiger partial charge in [0.2, 0.25) is 0 Å². The number of carbonyl (C=O) groups excluding carboxylic acids is 1. The number of benzene rings is 1. The van der Waals surface area contributed by atoms with Crippen LogP contribution in [-0.4, -0.2) is 73.6 Å². The summed E-state index contributed by atoms with van der Waals surface area (Å²) in [5, 5.41) is 2.93. The van der Waals surface area contributed by atoms with Crippen LogP contribution in [0.1, 0.15) is 18.4 Å². The third kappa shape index (κ3) is 5.41. The summed E-state index contributed by atoms with van der Waals surface area (Å²) in [6.45, 7) is 7.60. The van der Waals surface area contributed by atoms with Crippen LogP contribution >= 0.6 is 0 Å². The summed E-state index contributed by atoms with van der Waals surface area (Å²) >= 11 is 0. The third-order valence-corrected chi connectivity index (χ3v) is 5.25. The summed E-state index contributed by atoms with van der Waals surface area (Å²) < 4.78 is 13.2. The molecule has 138 valence electrons. The van der Waals surface area contributed by atoms with Gasteiger partial charge in [-0.3, -0.25) is 0 Å². The molecule has 6 heteroatoms. The highest BCUT2D eigenvalue weighted by atomic mass is 19.1. The molecule has 25 heavy (non-hydrogen) atoms. The number of carbonyl (C=O) groups is 1. The van der Waals surface area contributed by atoms with E-state index < -0.39 is 0 Å². The van der Waals surface area contributed by atoms with Crippen molar-refractivity contribution >= 4 is 6.03 Å². The normalized spacial score (nSPS) is 22.8. The number of piperidine rings is 1. The number of nitrogens with zero attached hydrogens (tertiary/aromatic N) is 3. The summed E-state index contributed by atoms with van der Waals surface area (Å²) in [6.07, 6.45) is 2.26. The fourth-order valence-electron chi connectivity index (χ4n) is 3.73. The van der Waals surface area contributed by atoms with Gasteiger partial charge >= 0.3 is 6.03 Å². The van der Waals surface area contributed by atoms with Crippen LogP contribution in [-0.2, 0) is 6.54 Å². The molecule has 5 nitrogen and oxygen atoms in total. The summed E-state index contributed by atoms with van der Waals surface area (Å²) in [5.74, 6) is 0.286. The summed E-state index contributed by atoms with van der Waals surface area (Å²) in [5.41, 5.74) is 0.791. The van der Waals surface area contributed by atoms with E-state index in [2.05, 4.69) is 22.2 Å². The van der Waals surface area contributed by atoms with Crippen LogP contribution in [0.15, 0.2) is 24.3 Å². The number of urea groups is 1. The molecule has 1 aromatic rings. The van der Waals surface area contributed by atoms with Gasteiger partial charge in [-0.05, 0) is 43.5 Å². The molecule has 1 N–H and O–H groups in total. The predicted octanol–water partition coefficient (Wildman–Crippen LogP) is 1.99. The molecule has 0 radical (unpaired) electrons. The molecule has 2 amide bonds. The molecular formula is C19H29FN4O. The third-order valence-electron chi connectivity index (χ3n) is 5.25. The lowest BCUT2D eigenvalue weighted by Crippen LogP contribution is -2.50. The van der Waals surface area contributed by atoms with Gasteiger partial charge in [0.05, 0.1) is 0 Å². The number of likely N-dealkylation sites (N-methyl/N-ethyl adjacent to an activating group) is 1. The van der Waals surface area contributed by atoms with Crippen LogP contribution in [0.5, 0.6) is 0 Å². The summed E-state index contributed by atoms with van der Waals surface area (Å²) in [6, 6.07) is 6.35. The minimum absolute atomic E-state index is 0.0349.